The molecule has 1 aromatic carbocycles. The highest BCUT2D eigenvalue weighted by molar-refractivity contribution is 5.95. The van der Waals surface area contributed by atoms with Crippen LogP contribution in [0.1, 0.15) is 45.2 Å². The lowest BCUT2D eigenvalue weighted by atomic mass is 9.95. The predicted octanol–water partition coefficient (Wildman–Crippen LogP) is 3.12. The topological polar surface area (TPSA) is 32.3 Å². The molecule has 1 aliphatic heterocycles. The lowest BCUT2D eigenvalue weighted by Gasteiger charge is -2.35. The molecule has 0 aromatic heterocycles. The maximum atomic E-state index is 12.3. The molecule has 1 atom stereocenters. The van der Waals surface area contributed by atoms with Crippen molar-refractivity contribution in [1.29, 1.82) is 0 Å². The summed E-state index contributed by atoms with van der Waals surface area (Å²) in [5.74, 6) is 0.273. The van der Waals surface area contributed by atoms with Crippen LogP contribution in [0.3, 0.4) is 0 Å². The second kappa shape index (κ2) is 6.20. The van der Waals surface area contributed by atoms with Crippen molar-refractivity contribution in [2.45, 2.75) is 39.7 Å². The van der Waals surface area contributed by atoms with Gasteiger partial charge in [-0.15, -0.1) is 0 Å². The van der Waals surface area contributed by atoms with E-state index in [1.807, 2.05) is 24.8 Å². The van der Waals surface area contributed by atoms with E-state index in [0.717, 1.165) is 31.6 Å². The number of hydrogen-bond donors (Lipinski definition) is 1. The molecule has 0 bridgehead atoms. The van der Waals surface area contributed by atoms with E-state index >= 15 is 0 Å². The van der Waals surface area contributed by atoms with Gasteiger partial charge in [0.2, 0.25) is 5.91 Å². The fraction of sp³-hybridized carbons (Fsp3) is 0.562. The van der Waals surface area contributed by atoms with Crippen LogP contribution in [-0.4, -0.2) is 19.0 Å². The molecule has 0 saturated heterocycles. The molecule has 1 aromatic rings. The number of hydrogen-bond acceptors (Lipinski definition) is 2. The summed E-state index contributed by atoms with van der Waals surface area (Å²) in [7, 11) is 0. The quantitative estimate of drug-likeness (QED) is 0.902. The van der Waals surface area contributed by atoms with Crippen molar-refractivity contribution in [1.82, 2.24) is 5.32 Å². The Morgan fingerprint density at radius 1 is 1.42 bits per heavy atom. The van der Waals surface area contributed by atoms with Gasteiger partial charge >= 0.3 is 0 Å². The van der Waals surface area contributed by atoms with Gasteiger partial charge in [-0.05, 0) is 31.0 Å². The average Bonchev–Trinajstić information content (AvgIpc) is 2.43. The minimum Gasteiger partial charge on any atom is -0.312 e. The van der Waals surface area contributed by atoms with Gasteiger partial charge in [0.25, 0.3) is 0 Å². The molecule has 19 heavy (non-hydrogen) atoms. The van der Waals surface area contributed by atoms with Crippen LogP contribution < -0.4 is 10.2 Å². The number of benzene rings is 1. The van der Waals surface area contributed by atoms with Gasteiger partial charge in [-0.3, -0.25) is 4.79 Å². The van der Waals surface area contributed by atoms with Crippen LogP contribution in [0.15, 0.2) is 24.3 Å². The Morgan fingerprint density at radius 2 is 2.16 bits per heavy atom. The second-order valence-corrected chi connectivity index (χ2v) is 5.50. The molecular formula is C16H24N2O. The van der Waals surface area contributed by atoms with Gasteiger partial charge in [0.15, 0.2) is 0 Å². The minimum absolute atomic E-state index is 0.0493. The van der Waals surface area contributed by atoms with E-state index in [2.05, 4.69) is 30.4 Å². The molecule has 0 radical (unpaired) electrons. The van der Waals surface area contributed by atoms with E-state index in [1.54, 1.807) is 0 Å². The van der Waals surface area contributed by atoms with Crippen LogP contribution in [0.4, 0.5) is 5.69 Å². The number of amides is 1. The third-order valence-electron chi connectivity index (χ3n) is 3.65. The van der Waals surface area contributed by atoms with Crippen molar-refractivity contribution in [3.05, 3.63) is 29.8 Å². The van der Waals surface area contributed by atoms with E-state index in [0.29, 0.717) is 6.04 Å². The van der Waals surface area contributed by atoms with Crippen molar-refractivity contribution >= 4 is 11.6 Å². The number of rotatable bonds is 4. The fourth-order valence-electron chi connectivity index (χ4n) is 2.63. The molecule has 1 aliphatic rings. The van der Waals surface area contributed by atoms with Gasteiger partial charge in [-0.25, -0.2) is 0 Å². The summed E-state index contributed by atoms with van der Waals surface area (Å²) in [6, 6.07) is 8.66. The summed E-state index contributed by atoms with van der Waals surface area (Å²) in [6.45, 7) is 7.95. The molecule has 2 rings (SSSR count). The van der Waals surface area contributed by atoms with Crippen LogP contribution in [-0.2, 0) is 4.79 Å². The van der Waals surface area contributed by atoms with Gasteiger partial charge in [-0.2, -0.15) is 0 Å². The fourth-order valence-corrected chi connectivity index (χ4v) is 2.63. The lowest BCUT2D eigenvalue weighted by molar-refractivity contribution is -0.121. The first-order valence-corrected chi connectivity index (χ1v) is 7.28. The number of nitrogens with one attached hydrogen (secondary N) is 1. The molecule has 0 saturated carbocycles. The standard InChI is InChI=1S/C16H24N2O/c1-4-10-17-14-9-11-18(16(19)12(2)3)15-8-6-5-7-13(14)15/h5-8,12,14,17H,4,9-11H2,1-3H3. The van der Waals surface area contributed by atoms with E-state index < -0.39 is 0 Å². The average molecular weight is 260 g/mol. The molecule has 104 valence electrons. The van der Waals surface area contributed by atoms with E-state index in [9.17, 15) is 4.79 Å². The Bertz CT molecular complexity index is 442. The zero-order valence-corrected chi connectivity index (χ0v) is 12.1. The minimum atomic E-state index is 0.0493. The summed E-state index contributed by atoms with van der Waals surface area (Å²) in [4.78, 5) is 14.2. The number of anilines is 1. The molecule has 1 amide bonds. The van der Waals surface area contributed by atoms with Crippen LogP contribution >= 0.6 is 0 Å². The monoisotopic (exact) mass is 260 g/mol. The van der Waals surface area contributed by atoms with Crippen molar-refractivity contribution in [2.24, 2.45) is 5.92 Å². The molecule has 0 fully saturated rings. The molecular weight excluding hydrogens is 236 g/mol. The highest BCUT2D eigenvalue weighted by Gasteiger charge is 2.28. The van der Waals surface area contributed by atoms with Crippen molar-refractivity contribution < 1.29 is 4.79 Å². The Hall–Kier alpha value is -1.35. The second-order valence-electron chi connectivity index (χ2n) is 5.50. The highest BCUT2D eigenvalue weighted by atomic mass is 16.2. The summed E-state index contributed by atoms with van der Waals surface area (Å²) < 4.78 is 0. The summed E-state index contributed by atoms with van der Waals surface area (Å²) in [6.07, 6.45) is 2.13. The number of carbonyl (C=O) groups is 1. The Balaban J connectivity index is 2.26. The van der Waals surface area contributed by atoms with Crippen LogP contribution in [0.2, 0.25) is 0 Å². The van der Waals surface area contributed by atoms with Gasteiger partial charge < -0.3 is 10.2 Å². The smallest absolute Gasteiger partial charge is 0.229 e. The molecule has 1 unspecified atom stereocenters. The molecule has 0 spiro atoms. The molecule has 0 aliphatic carbocycles. The predicted molar refractivity (Wildman–Crippen MR) is 79.3 cm³/mol. The van der Waals surface area contributed by atoms with E-state index in [-0.39, 0.29) is 11.8 Å². The zero-order chi connectivity index (χ0) is 13.8. The lowest BCUT2D eigenvalue weighted by Crippen LogP contribution is -2.41. The Kier molecular flexibility index (Phi) is 4.59. The van der Waals surface area contributed by atoms with Crippen LogP contribution in [0.5, 0.6) is 0 Å². The van der Waals surface area contributed by atoms with E-state index in [1.165, 1.54) is 5.56 Å². The van der Waals surface area contributed by atoms with Crippen molar-refractivity contribution in [3.8, 4) is 0 Å². The van der Waals surface area contributed by atoms with Crippen LogP contribution in [0, 0.1) is 5.92 Å². The first kappa shape index (κ1) is 14.1. The van der Waals surface area contributed by atoms with Gasteiger partial charge in [0, 0.05) is 24.2 Å². The van der Waals surface area contributed by atoms with Crippen LogP contribution in [0.25, 0.3) is 0 Å². The summed E-state index contributed by atoms with van der Waals surface area (Å²) in [5.41, 5.74) is 2.34. The summed E-state index contributed by atoms with van der Waals surface area (Å²) >= 11 is 0. The Morgan fingerprint density at radius 3 is 2.84 bits per heavy atom. The first-order valence-electron chi connectivity index (χ1n) is 7.28. The molecule has 1 N–H and O–H groups in total. The highest BCUT2D eigenvalue weighted by Crippen LogP contribution is 2.34. The third kappa shape index (κ3) is 2.98. The number of nitrogens with zero attached hydrogens (tertiary/aromatic N) is 1. The third-order valence-corrected chi connectivity index (χ3v) is 3.65. The molecule has 3 heteroatoms. The number of carbonyl (C=O) groups excluding carboxylic acids is 1. The Labute approximate surface area is 116 Å². The maximum absolute atomic E-state index is 12.3. The van der Waals surface area contributed by atoms with Crippen molar-refractivity contribution in [2.75, 3.05) is 18.0 Å². The molecule has 1 heterocycles. The SMILES string of the molecule is CCCNC1CCN(C(=O)C(C)C)c2ccccc21. The first-order chi connectivity index (χ1) is 9.15. The van der Waals surface area contributed by atoms with E-state index in [4.69, 9.17) is 0 Å². The molecule has 3 nitrogen and oxygen atoms in total. The normalized spacial score (nSPS) is 18.5. The van der Waals surface area contributed by atoms with Gasteiger partial charge in [-0.1, -0.05) is 39.0 Å². The number of para-hydroxylation sites is 1. The number of fused-ring (bicyclic) bond motifs is 1. The summed E-state index contributed by atoms with van der Waals surface area (Å²) in [5, 5.41) is 3.58. The maximum Gasteiger partial charge on any atom is 0.229 e. The van der Waals surface area contributed by atoms with Crippen molar-refractivity contribution in [3.63, 3.8) is 0 Å². The largest absolute Gasteiger partial charge is 0.312 e. The van der Waals surface area contributed by atoms with Gasteiger partial charge in [0.1, 0.15) is 0 Å². The zero-order valence-electron chi connectivity index (χ0n) is 12.1. The van der Waals surface area contributed by atoms with Gasteiger partial charge in [0.05, 0.1) is 0 Å².